The summed E-state index contributed by atoms with van der Waals surface area (Å²) in [5.74, 6) is -1.02. The number of nitrogens with one attached hydrogen (secondary N) is 2. The van der Waals surface area contributed by atoms with Crippen LogP contribution in [0.15, 0.2) is 48.2 Å². The van der Waals surface area contributed by atoms with Gasteiger partial charge in [-0.3, -0.25) is 19.7 Å². The Morgan fingerprint density at radius 2 is 1.92 bits per heavy atom. The van der Waals surface area contributed by atoms with Crippen molar-refractivity contribution in [1.29, 1.82) is 0 Å². The van der Waals surface area contributed by atoms with Gasteiger partial charge in [0.15, 0.2) is 0 Å². The zero-order chi connectivity index (χ0) is 19.3. The lowest BCUT2D eigenvalue weighted by Crippen LogP contribution is -2.28. The number of carbonyl (C=O) groups is 2. The molecule has 0 aliphatic rings. The molecule has 7 nitrogen and oxygen atoms in total. The number of halogens is 1. The van der Waals surface area contributed by atoms with Crippen molar-refractivity contribution in [2.24, 2.45) is 0 Å². The van der Waals surface area contributed by atoms with Gasteiger partial charge < -0.3 is 10.6 Å². The molecular weight excluding hydrogens is 358 g/mol. The van der Waals surface area contributed by atoms with Crippen molar-refractivity contribution in [2.75, 3.05) is 5.32 Å². The van der Waals surface area contributed by atoms with E-state index in [1.54, 1.807) is 24.3 Å². The number of anilines is 1. The van der Waals surface area contributed by atoms with Crippen molar-refractivity contribution in [3.05, 3.63) is 74.4 Å². The number of amides is 2. The van der Waals surface area contributed by atoms with E-state index in [0.29, 0.717) is 16.3 Å². The van der Waals surface area contributed by atoms with Crippen molar-refractivity contribution >= 4 is 40.9 Å². The summed E-state index contributed by atoms with van der Waals surface area (Å²) in [5.41, 5.74) is 1.56. The highest BCUT2D eigenvalue weighted by molar-refractivity contribution is 6.31. The van der Waals surface area contributed by atoms with Gasteiger partial charge in [-0.25, -0.2) is 0 Å². The smallest absolute Gasteiger partial charge is 0.272 e. The lowest BCUT2D eigenvalue weighted by atomic mass is 10.1. The molecule has 2 rings (SSSR count). The molecule has 0 atom stereocenters. The van der Waals surface area contributed by atoms with E-state index in [-0.39, 0.29) is 11.4 Å². The van der Waals surface area contributed by atoms with Gasteiger partial charge in [-0.15, -0.1) is 0 Å². The van der Waals surface area contributed by atoms with E-state index >= 15 is 0 Å². The fraction of sp³-hybridized carbons (Fsp3) is 0.111. The van der Waals surface area contributed by atoms with Crippen LogP contribution in [-0.2, 0) is 9.59 Å². The van der Waals surface area contributed by atoms with Gasteiger partial charge in [-0.1, -0.05) is 29.8 Å². The predicted molar refractivity (Wildman–Crippen MR) is 99.7 cm³/mol. The fourth-order valence-corrected chi connectivity index (χ4v) is 2.29. The number of nitro benzene ring substituents is 1. The summed E-state index contributed by atoms with van der Waals surface area (Å²) in [6.07, 6.45) is 1.36. The van der Waals surface area contributed by atoms with Crippen molar-refractivity contribution in [3.63, 3.8) is 0 Å². The quantitative estimate of drug-likeness (QED) is 0.474. The Kier molecular flexibility index (Phi) is 6.08. The maximum atomic E-state index is 12.5. The molecule has 134 valence electrons. The predicted octanol–water partition coefficient (Wildman–Crippen LogP) is 3.67. The number of benzene rings is 2. The average Bonchev–Trinajstić information content (AvgIpc) is 2.57. The number of aryl methyl sites for hydroxylation is 1. The average molecular weight is 374 g/mol. The summed E-state index contributed by atoms with van der Waals surface area (Å²) >= 11 is 6.04. The standard InChI is InChI=1S/C18H16ClN3O4/c1-11-6-7-14(10-16(11)19)21-18(24)17(20-12(2)23)9-13-4-3-5-15(8-13)22(25)26/h3-10H,1-2H3,(H,20,23)(H,21,24)/b17-9-. The molecule has 0 fully saturated rings. The fourth-order valence-electron chi connectivity index (χ4n) is 2.11. The molecule has 0 bridgehead atoms. The molecule has 0 saturated heterocycles. The summed E-state index contributed by atoms with van der Waals surface area (Å²) in [5, 5.41) is 16.4. The third kappa shape index (κ3) is 5.15. The molecule has 0 aliphatic carbocycles. The molecule has 2 amide bonds. The number of nitro groups is 1. The highest BCUT2D eigenvalue weighted by atomic mass is 35.5. The number of rotatable bonds is 5. The molecule has 2 aromatic carbocycles. The van der Waals surface area contributed by atoms with Gasteiger partial charge in [-0.2, -0.15) is 0 Å². The molecule has 0 aromatic heterocycles. The number of non-ortho nitro benzene ring substituents is 1. The number of hydrogen-bond acceptors (Lipinski definition) is 4. The van der Waals surface area contributed by atoms with Crippen LogP contribution in [0.25, 0.3) is 6.08 Å². The summed E-state index contributed by atoms with van der Waals surface area (Å²) in [4.78, 5) is 34.2. The molecule has 0 spiro atoms. The van der Waals surface area contributed by atoms with E-state index in [1.807, 2.05) is 6.92 Å². The third-order valence-corrected chi connectivity index (χ3v) is 3.78. The topological polar surface area (TPSA) is 101 Å². The molecule has 0 unspecified atom stereocenters. The molecule has 0 aliphatic heterocycles. The largest absolute Gasteiger partial charge is 0.322 e. The van der Waals surface area contributed by atoms with Crippen molar-refractivity contribution < 1.29 is 14.5 Å². The van der Waals surface area contributed by atoms with Gasteiger partial charge >= 0.3 is 0 Å². The van der Waals surface area contributed by atoms with Crippen LogP contribution in [0.5, 0.6) is 0 Å². The van der Waals surface area contributed by atoms with Crippen LogP contribution < -0.4 is 10.6 Å². The molecule has 0 saturated carbocycles. The van der Waals surface area contributed by atoms with Crippen molar-refractivity contribution in [3.8, 4) is 0 Å². The van der Waals surface area contributed by atoms with Crippen LogP contribution >= 0.6 is 11.6 Å². The minimum Gasteiger partial charge on any atom is -0.322 e. The third-order valence-electron chi connectivity index (χ3n) is 3.38. The first-order chi connectivity index (χ1) is 12.3. The zero-order valence-corrected chi connectivity index (χ0v) is 14.8. The maximum absolute atomic E-state index is 12.5. The SMILES string of the molecule is CC(=O)N/C(=C\c1cccc([N+](=O)[O-])c1)C(=O)Nc1ccc(C)c(Cl)c1. The van der Waals surface area contributed by atoms with Gasteiger partial charge in [-0.05, 0) is 36.3 Å². The zero-order valence-electron chi connectivity index (χ0n) is 14.1. The summed E-state index contributed by atoms with van der Waals surface area (Å²) in [6, 6.07) is 10.7. The molecule has 2 N–H and O–H groups in total. The lowest BCUT2D eigenvalue weighted by Gasteiger charge is -2.10. The molecule has 8 heteroatoms. The molecule has 0 radical (unpaired) electrons. The summed E-state index contributed by atoms with van der Waals surface area (Å²) < 4.78 is 0. The van der Waals surface area contributed by atoms with E-state index in [9.17, 15) is 19.7 Å². The van der Waals surface area contributed by atoms with E-state index in [1.165, 1.54) is 31.2 Å². The Morgan fingerprint density at radius 1 is 1.19 bits per heavy atom. The van der Waals surface area contributed by atoms with E-state index in [0.717, 1.165) is 5.56 Å². The van der Waals surface area contributed by atoms with Gasteiger partial charge in [0.2, 0.25) is 5.91 Å². The highest BCUT2D eigenvalue weighted by Crippen LogP contribution is 2.21. The monoisotopic (exact) mass is 373 g/mol. The van der Waals surface area contributed by atoms with Crippen LogP contribution in [0.1, 0.15) is 18.1 Å². The highest BCUT2D eigenvalue weighted by Gasteiger charge is 2.13. The number of nitrogens with zero attached hydrogens (tertiary/aromatic N) is 1. The van der Waals surface area contributed by atoms with Gasteiger partial charge in [0.25, 0.3) is 11.6 Å². The first-order valence-electron chi connectivity index (χ1n) is 7.57. The Bertz CT molecular complexity index is 909. The summed E-state index contributed by atoms with van der Waals surface area (Å²) in [7, 11) is 0. The second-order valence-corrected chi connectivity index (χ2v) is 5.92. The Morgan fingerprint density at radius 3 is 2.54 bits per heavy atom. The number of hydrogen-bond donors (Lipinski definition) is 2. The van der Waals surface area contributed by atoms with Crippen LogP contribution in [0.4, 0.5) is 11.4 Å². The Labute approximate surface area is 154 Å². The normalized spacial score (nSPS) is 11.0. The minimum absolute atomic E-state index is 0.0466. The van der Waals surface area contributed by atoms with E-state index < -0.39 is 16.7 Å². The molecular formula is C18H16ClN3O4. The van der Waals surface area contributed by atoms with Crippen molar-refractivity contribution in [2.45, 2.75) is 13.8 Å². The van der Waals surface area contributed by atoms with Crippen LogP contribution in [0, 0.1) is 17.0 Å². The van der Waals surface area contributed by atoms with E-state index in [4.69, 9.17) is 11.6 Å². The first-order valence-corrected chi connectivity index (χ1v) is 7.95. The van der Waals surface area contributed by atoms with Crippen LogP contribution in [-0.4, -0.2) is 16.7 Å². The molecule has 26 heavy (non-hydrogen) atoms. The molecule has 2 aromatic rings. The van der Waals surface area contributed by atoms with Gasteiger partial charge in [0.05, 0.1) is 4.92 Å². The minimum atomic E-state index is -0.577. The van der Waals surface area contributed by atoms with Gasteiger partial charge in [0, 0.05) is 29.8 Å². The lowest BCUT2D eigenvalue weighted by molar-refractivity contribution is -0.384. The summed E-state index contributed by atoms with van der Waals surface area (Å²) in [6.45, 7) is 3.09. The van der Waals surface area contributed by atoms with Gasteiger partial charge in [0.1, 0.15) is 5.70 Å². The first kappa shape index (κ1) is 19.1. The number of carbonyl (C=O) groups excluding carboxylic acids is 2. The maximum Gasteiger partial charge on any atom is 0.272 e. The second-order valence-electron chi connectivity index (χ2n) is 5.51. The van der Waals surface area contributed by atoms with Crippen molar-refractivity contribution in [1.82, 2.24) is 5.32 Å². The second kappa shape index (κ2) is 8.26. The Balaban J connectivity index is 2.32. The van der Waals surface area contributed by atoms with Crippen LogP contribution in [0.2, 0.25) is 5.02 Å². The van der Waals surface area contributed by atoms with E-state index in [2.05, 4.69) is 10.6 Å². The van der Waals surface area contributed by atoms with Crippen LogP contribution in [0.3, 0.4) is 0 Å². The Hall–Kier alpha value is -3.19. The molecule has 0 heterocycles.